The maximum Gasteiger partial charge on any atom is 0.119 e. The highest BCUT2D eigenvalue weighted by Crippen LogP contribution is 2.16. The molecule has 0 amide bonds. The maximum atomic E-state index is 8.72. The van der Waals surface area contributed by atoms with Gasteiger partial charge in [-0.3, -0.25) is 0 Å². The number of nitriles is 1. The van der Waals surface area contributed by atoms with Crippen LogP contribution in [0.2, 0.25) is 0 Å². The van der Waals surface area contributed by atoms with Gasteiger partial charge >= 0.3 is 0 Å². The number of hydrogen-bond acceptors (Lipinski definition) is 2. The molecule has 0 spiro atoms. The Morgan fingerprint density at radius 3 is 2.93 bits per heavy atom. The van der Waals surface area contributed by atoms with Crippen LogP contribution in [0.15, 0.2) is 30.9 Å². The first-order valence-electron chi connectivity index (χ1n) is 4.52. The van der Waals surface area contributed by atoms with Gasteiger partial charge in [0.15, 0.2) is 0 Å². The molecule has 0 aliphatic heterocycles. The van der Waals surface area contributed by atoms with Crippen LogP contribution in [0.5, 0.6) is 5.75 Å². The summed E-state index contributed by atoms with van der Waals surface area (Å²) in [6.07, 6.45) is 2.65. The Morgan fingerprint density at radius 1 is 1.57 bits per heavy atom. The Bertz CT molecular complexity index is 363. The molecule has 0 fully saturated rings. The van der Waals surface area contributed by atoms with Crippen molar-refractivity contribution < 1.29 is 4.74 Å². The normalized spacial score (nSPS) is 9.14. The molecule has 1 rings (SSSR count). The number of nitrogens with zero attached hydrogens (tertiary/aromatic N) is 1. The fourth-order valence-electron chi connectivity index (χ4n) is 1.11. The first kappa shape index (κ1) is 10.3. The van der Waals surface area contributed by atoms with Gasteiger partial charge in [0.25, 0.3) is 0 Å². The fraction of sp³-hybridized carbons (Fsp3) is 0.250. The summed E-state index contributed by atoms with van der Waals surface area (Å²) in [7, 11) is 0. The van der Waals surface area contributed by atoms with Gasteiger partial charge < -0.3 is 4.74 Å². The van der Waals surface area contributed by atoms with Crippen LogP contribution >= 0.6 is 0 Å². The number of aryl methyl sites for hydroxylation is 1. The first-order valence-corrected chi connectivity index (χ1v) is 4.52. The minimum Gasteiger partial charge on any atom is -0.493 e. The number of benzene rings is 1. The van der Waals surface area contributed by atoms with Gasteiger partial charge in [0, 0.05) is 0 Å². The molecule has 0 radical (unpaired) electrons. The zero-order valence-electron chi connectivity index (χ0n) is 8.29. The van der Waals surface area contributed by atoms with Gasteiger partial charge in [-0.2, -0.15) is 5.26 Å². The number of rotatable bonds is 4. The second kappa shape index (κ2) is 5.08. The monoisotopic (exact) mass is 187 g/mol. The van der Waals surface area contributed by atoms with Gasteiger partial charge in [-0.05, 0) is 37.1 Å². The van der Waals surface area contributed by atoms with Crippen molar-refractivity contribution >= 4 is 0 Å². The molecule has 0 saturated carbocycles. The van der Waals surface area contributed by atoms with Crippen LogP contribution in [0.3, 0.4) is 0 Å². The quantitative estimate of drug-likeness (QED) is 0.536. The van der Waals surface area contributed by atoms with E-state index in [1.54, 1.807) is 6.07 Å². The van der Waals surface area contributed by atoms with Crippen molar-refractivity contribution in [1.29, 1.82) is 5.26 Å². The summed E-state index contributed by atoms with van der Waals surface area (Å²) < 4.78 is 5.45. The summed E-state index contributed by atoms with van der Waals surface area (Å²) in [5.74, 6) is 0.809. The molecule has 0 heterocycles. The van der Waals surface area contributed by atoms with Crippen molar-refractivity contribution in [2.75, 3.05) is 6.61 Å². The SMILES string of the molecule is C=CCCOc1ccc(C#N)c(C)c1. The molecule has 14 heavy (non-hydrogen) atoms. The second-order valence-corrected chi connectivity index (χ2v) is 3.01. The molecule has 0 bridgehead atoms. The van der Waals surface area contributed by atoms with E-state index in [1.165, 1.54) is 0 Å². The van der Waals surface area contributed by atoms with Crippen molar-refractivity contribution in [1.82, 2.24) is 0 Å². The summed E-state index contributed by atoms with van der Waals surface area (Å²) >= 11 is 0. The van der Waals surface area contributed by atoms with Crippen molar-refractivity contribution in [2.45, 2.75) is 13.3 Å². The first-order chi connectivity index (χ1) is 6.77. The van der Waals surface area contributed by atoms with Gasteiger partial charge in [-0.15, -0.1) is 6.58 Å². The Balaban J connectivity index is 2.67. The van der Waals surface area contributed by atoms with Crippen molar-refractivity contribution in [3.8, 4) is 11.8 Å². The third kappa shape index (κ3) is 2.63. The highest BCUT2D eigenvalue weighted by Gasteiger charge is 1.98. The average Bonchev–Trinajstić information content (AvgIpc) is 2.18. The van der Waals surface area contributed by atoms with Gasteiger partial charge in [0.1, 0.15) is 5.75 Å². The Kier molecular flexibility index (Phi) is 3.75. The van der Waals surface area contributed by atoms with E-state index in [4.69, 9.17) is 10.00 Å². The summed E-state index contributed by atoms with van der Waals surface area (Å²) in [6, 6.07) is 7.59. The predicted octanol–water partition coefficient (Wildman–Crippen LogP) is 2.82. The molecule has 0 atom stereocenters. The van der Waals surface area contributed by atoms with Gasteiger partial charge in [0.2, 0.25) is 0 Å². The second-order valence-electron chi connectivity index (χ2n) is 3.01. The Labute approximate surface area is 84.4 Å². The van der Waals surface area contributed by atoms with E-state index < -0.39 is 0 Å². The summed E-state index contributed by atoms with van der Waals surface area (Å²) in [5.41, 5.74) is 1.64. The molecular weight excluding hydrogens is 174 g/mol. The Hall–Kier alpha value is -1.75. The third-order valence-corrected chi connectivity index (χ3v) is 1.91. The van der Waals surface area contributed by atoms with Crippen LogP contribution in [0, 0.1) is 18.3 Å². The van der Waals surface area contributed by atoms with Crippen molar-refractivity contribution in [2.24, 2.45) is 0 Å². The minimum absolute atomic E-state index is 0.634. The van der Waals surface area contributed by atoms with Crippen LogP contribution in [-0.4, -0.2) is 6.61 Å². The largest absolute Gasteiger partial charge is 0.493 e. The number of ether oxygens (including phenoxy) is 1. The predicted molar refractivity (Wildman–Crippen MR) is 56.2 cm³/mol. The van der Waals surface area contributed by atoms with E-state index in [-0.39, 0.29) is 0 Å². The van der Waals surface area contributed by atoms with Crippen LogP contribution in [-0.2, 0) is 0 Å². The summed E-state index contributed by atoms with van der Waals surface area (Å²) in [5, 5.41) is 8.72. The molecule has 0 N–H and O–H groups in total. The highest BCUT2D eigenvalue weighted by molar-refractivity contribution is 5.41. The lowest BCUT2D eigenvalue weighted by atomic mass is 10.1. The highest BCUT2D eigenvalue weighted by atomic mass is 16.5. The summed E-state index contributed by atoms with van der Waals surface area (Å²) in [4.78, 5) is 0. The molecule has 1 aromatic carbocycles. The number of hydrogen-bond donors (Lipinski definition) is 0. The molecule has 2 heteroatoms. The maximum absolute atomic E-state index is 8.72. The van der Waals surface area contributed by atoms with E-state index in [0.717, 1.165) is 17.7 Å². The van der Waals surface area contributed by atoms with Crippen molar-refractivity contribution in [3.05, 3.63) is 42.0 Å². The van der Waals surface area contributed by atoms with Gasteiger partial charge in [-0.25, -0.2) is 0 Å². The lowest BCUT2D eigenvalue weighted by Gasteiger charge is -2.05. The van der Waals surface area contributed by atoms with Crippen LogP contribution in [0.25, 0.3) is 0 Å². The molecule has 1 aromatic rings. The summed E-state index contributed by atoms with van der Waals surface area (Å²) in [6.45, 7) is 6.15. The zero-order chi connectivity index (χ0) is 10.4. The topological polar surface area (TPSA) is 33.0 Å². The lowest BCUT2D eigenvalue weighted by Crippen LogP contribution is -1.96. The zero-order valence-corrected chi connectivity index (χ0v) is 8.29. The minimum atomic E-state index is 0.634. The third-order valence-electron chi connectivity index (χ3n) is 1.91. The molecule has 0 aliphatic rings. The van der Waals surface area contributed by atoms with E-state index in [9.17, 15) is 0 Å². The van der Waals surface area contributed by atoms with Crippen LogP contribution in [0.4, 0.5) is 0 Å². The molecule has 72 valence electrons. The lowest BCUT2D eigenvalue weighted by molar-refractivity contribution is 0.325. The average molecular weight is 187 g/mol. The standard InChI is InChI=1S/C12H13NO/c1-3-4-7-14-12-6-5-11(9-13)10(2)8-12/h3,5-6,8H,1,4,7H2,2H3. The van der Waals surface area contributed by atoms with Gasteiger partial charge in [0.05, 0.1) is 18.2 Å². The fourth-order valence-corrected chi connectivity index (χ4v) is 1.11. The molecule has 0 saturated heterocycles. The Morgan fingerprint density at radius 2 is 2.36 bits per heavy atom. The molecular formula is C12H13NO. The van der Waals surface area contributed by atoms with Crippen LogP contribution < -0.4 is 4.74 Å². The van der Waals surface area contributed by atoms with E-state index >= 15 is 0 Å². The van der Waals surface area contributed by atoms with Crippen molar-refractivity contribution in [3.63, 3.8) is 0 Å². The van der Waals surface area contributed by atoms with Crippen LogP contribution in [0.1, 0.15) is 17.5 Å². The molecule has 0 aliphatic carbocycles. The molecule has 2 nitrogen and oxygen atoms in total. The van der Waals surface area contributed by atoms with Gasteiger partial charge in [-0.1, -0.05) is 6.08 Å². The van der Waals surface area contributed by atoms with E-state index in [0.29, 0.717) is 12.2 Å². The van der Waals surface area contributed by atoms with E-state index in [2.05, 4.69) is 12.6 Å². The molecule has 0 unspecified atom stereocenters. The van der Waals surface area contributed by atoms with E-state index in [1.807, 2.05) is 25.1 Å². The molecule has 0 aromatic heterocycles. The smallest absolute Gasteiger partial charge is 0.119 e.